The van der Waals surface area contributed by atoms with Gasteiger partial charge in [-0.25, -0.2) is 0 Å². The fraction of sp³-hybridized carbons (Fsp3) is 0.526. The zero-order chi connectivity index (χ0) is 18.2. The van der Waals surface area contributed by atoms with Crippen molar-refractivity contribution in [3.8, 4) is 11.5 Å². The maximum atomic E-state index is 5.35. The lowest BCUT2D eigenvalue weighted by atomic mass is 10.1. The van der Waals surface area contributed by atoms with Crippen LogP contribution in [-0.2, 0) is 6.42 Å². The predicted octanol–water partition coefficient (Wildman–Crippen LogP) is 2.92. The summed E-state index contributed by atoms with van der Waals surface area (Å²) in [6, 6.07) is 5.95. The molecular formula is C19H27N5O2. The van der Waals surface area contributed by atoms with E-state index in [1.165, 1.54) is 25.7 Å². The Morgan fingerprint density at radius 3 is 2.54 bits per heavy atom. The summed E-state index contributed by atoms with van der Waals surface area (Å²) in [4.78, 5) is 6.93. The number of methoxy groups -OCH3 is 2. The molecule has 2 aromatic rings. The third-order valence-corrected chi connectivity index (χ3v) is 4.62. The van der Waals surface area contributed by atoms with Crippen molar-refractivity contribution >= 4 is 11.8 Å². The molecule has 1 saturated heterocycles. The smallest absolute Gasteiger partial charge is 0.244 e. The van der Waals surface area contributed by atoms with Crippen LogP contribution in [0.25, 0.3) is 0 Å². The van der Waals surface area contributed by atoms with Crippen LogP contribution < -0.4 is 19.7 Å². The van der Waals surface area contributed by atoms with Crippen LogP contribution in [0.2, 0.25) is 0 Å². The number of nitrogens with zero attached hydrogens (tertiary/aromatic N) is 4. The maximum absolute atomic E-state index is 5.35. The van der Waals surface area contributed by atoms with Gasteiger partial charge in [0, 0.05) is 19.6 Å². The van der Waals surface area contributed by atoms with Gasteiger partial charge in [-0.15, -0.1) is 5.10 Å². The molecule has 0 aliphatic carbocycles. The lowest BCUT2D eigenvalue weighted by Gasteiger charge is -2.20. The number of hydrogen-bond donors (Lipinski definition) is 1. The van der Waals surface area contributed by atoms with Crippen molar-refractivity contribution in [2.45, 2.75) is 32.1 Å². The Kier molecular flexibility index (Phi) is 6.46. The Labute approximate surface area is 154 Å². The van der Waals surface area contributed by atoms with Crippen LogP contribution in [0.3, 0.4) is 0 Å². The number of rotatable bonds is 7. The molecular weight excluding hydrogens is 330 g/mol. The van der Waals surface area contributed by atoms with Gasteiger partial charge >= 0.3 is 0 Å². The van der Waals surface area contributed by atoms with Crippen molar-refractivity contribution in [3.05, 3.63) is 30.0 Å². The average molecular weight is 357 g/mol. The molecule has 0 bridgehead atoms. The van der Waals surface area contributed by atoms with Gasteiger partial charge in [0.15, 0.2) is 17.3 Å². The van der Waals surface area contributed by atoms with Crippen LogP contribution >= 0.6 is 0 Å². The summed E-state index contributed by atoms with van der Waals surface area (Å²) in [6.07, 6.45) is 7.61. The third-order valence-electron chi connectivity index (χ3n) is 4.62. The highest BCUT2D eigenvalue weighted by Gasteiger charge is 2.12. The minimum absolute atomic E-state index is 0.576. The van der Waals surface area contributed by atoms with E-state index in [9.17, 15) is 0 Å². The molecule has 0 radical (unpaired) electrons. The van der Waals surface area contributed by atoms with Crippen molar-refractivity contribution in [2.75, 3.05) is 44.1 Å². The molecule has 1 aromatic carbocycles. The zero-order valence-electron chi connectivity index (χ0n) is 15.6. The van der Waals surface area contributed by atoms with Crippen molar-refractivity contribution in [3.63, 3.8) is 0 Å². The Morgan fingerprint density at radius 2 is 1.81 bits per heavy atom. The Morgan fingerprint density at radius 1 is 1.04 bits per heavy atom. The van der Waals surface area contributed by atoms with E-state index in [2.05, 4.69) is 25.4 Å². The minimum Gasteiger partial charge on any atom is -0.493 e. The van der Waals surface area contributed by atoms with Crippen molar-refractivity contribution in [1.82, 2.24) is 15.2 Å². The summed E-state index contributed by atoms with van der Waals surface area (Å²) < 4.78 is 10.6. The van der Waals surface area contributed by atoms with E-state index in [0.29, 0.717) is 5.95 Å². The first kappa shape index (κ1) is 18.2. The highest BCUT2D eigenvalue weighted by atomic mass is 16.5. The van der Waals surface area contributed by atoms with E-state index >= 15 is 0 Å². The second-order valence-corrected chi connectivity index (χ2v) is 6.41. The van der Waals surface area contributed by atoms with Crippen molar-refractivity contribution in [2.24, 2.45) is 0 Å². The van der Waals surface area contributed by atoms with E-state index in [1.807, 2.05) is 18.2 Å². The summed E-state index contributed by atoms with van der Waals surface area (Å²) in [7, 11) is 3.29. The molecule has 140 valence electrons. The number of ether oxygens (including phenoxy) is 2. The normalized spacial score (nSPS) is 14.6. The number of benzene rings is 1. The molecule has 0 spiro atoms. The molecule has 3 rings (SSSR count). The minimum atomic E-state index is 0.576. The van der Waals surface area contributed by atoms with Crippen LogP contribution in [0.15, 0.2) is 24.4 Å². The zero-order valence-corrected chi connectivity index (χ0v) is 15.6. The van der Waals surface area contributed by atoms with Crippen LogP contribution in [0, 0.1) is 0 Å². The SMILES string of the molecule is COc1ccc(CCNc2nncc(N3CCCCCC3)n2)cc1OC. The molecule has 1 N–H and O–H groups in total. The van der Waals surface area contributed by atoms with Crippen LogP contribution in [-0.4, -0.2) is 49.0 Å². The Balaban J connectivity index is 1.57. The van der Waals surface area contributed by atoms with Crippen LogP contribution in [0.5, 0.6) is 11.5 Å². The molecule has 1 aromatic heterocycles. The molecule has 7 nitrogen and oxygen atoms in total. The monoisotopic (exact) mass is 357 g/mol. The largest absolute Gasteiger partial charge is 0.493 e. The Hall–Kier alpha value is -2.57. The van der Waals surface area contributed by atoms with E-state index in [0.717, 1.165) is 48.9 Å². The highest BCUT2D eigenvalue weighted by Crippen LogP contribution is 2.27. The van der Waals surface area contributed by atoms with Gasteiger partial charge in [-0.1, -0.05) is 18.9 Å². The summed E-state index contributed by atoms with van der Waals surface area (Å²) >= 11 is 0. The number of aromatic nitrogens is 3. The molecule has 0 saturated carbocycles. The average Bonchev–Trinajstić information content (AvgIpc) is 2.97. The molecule has 0 atom stereocenters. The maximum Gasteiger partial charge on any atom is 0.244 e. The second-order valence-electron chi connectivity index (χ2n) is 6.41. The summed E-state index contributed by atoms with van der Waals surface area (Å²) in [5.41, 5.74) is 1.16. The fourth-order valence-corrected chi connectivity index (χ4v) is 3.18. The second kappa shape index (κ2) is 9.22. The summed E-state index contributed by atoms with van der Waals surface area (Å²) in [6.45, 7) is 2.81. The molecule has 1 fully saturated rings. The van der Waals surface area contributed by atoms with Gasteiger partial charge in [0.1, 0.15) is 0 Å². The summed E-state index contributed by atoms with van der Waals surface area (Å²) in [5, 5.41) is 11.5. The van der Waals surface area contributed by atoms with E-state index in [1.54, 1.807) is 20.4 Å². The van der Waals surface area contributed by atoms with Crippen molar-refractivity contribution < 1.29 is 9.47 Å². The van der Waals surface area contributed by atoms with Gasteiger partial charge in [0.05, 0.1) is 20.4 Å². The first-order valence-electron chi connectivity index (χ1n) is 9.19. The molecule has 1 aliphatic heterocycles. The first-order valence-corrected chi connectivity index (χ1v) is 9.19. The number of nitrogens with one attached hydrogen (secondary N) is 1. The van der Waals surface area contributed by atoms with Gasteiger partial charge in [0.25, 0.3) is 0 Å². The fourth-order valence-electron chi connectivity index (χ4n) is 3.18. The third kappa shape index (κ3) is 4.74. The highest BCUT2D eigenvalue weighted by molar-refractivity contribution is 5.43. The van der Waals surface area contributed by atoms with Crippen LogP contribution in [0.1, 0.15) is 31.2 Å². The number of hydrogen-bond acceptors (Lipinski definition) is 7. The molecule has 2 heterocycles. The van der Waals surface area contributed by atoms with Gasteiger partial charge < -0.3 is 19.7 Å². The molecule has 7 heteroatoms. The predicted molar refractivity (Wildman–Crippen MR) is 102 cm³/mol. The lowest BCUT2D eigenvalue weighted by Crippen LogP contribution is -2.25. The van der Waals surface area contributed by atoms with E-state index < -0.39 is 0 Å². The quantitative estimate of drug-likeness (QED) is 0.817. The standard InChI is InChI=1S/C19H27N5O2/c1-25-16-8-7-15(13-17(16)26-2)9-10-20-19-22-18(14-21-23-19)24-11-5-3-4-6-12-24/h7-8,13-14H,3-6,9-12H2,1-2H3,(H,20,22,23). The number of anilines is 2. The van der Waals surface area contributed by atoms with Gasteiger partial charge in [-0.2, -0.15) is 10.1 Å². The van der Waals surface area contributed by atoms with E-state index in [4.69, 9.17) is 9.47 Å². The van der Waals surface area contributed by atoms with Gasteiger partial charge in [-0.3, -0.25) is 0 Å². The molecule has 1 aliphatic rings. The lowest BCUT2D eigenvalue weighted by molar-refractivity contribution is 0.354. The van der Waals surface area contributed by atoms with Gasteiger partial charge in [-0.05, 0) is 37.0 Å². The van der Waals surface area contributed by atoms with E-state index in [-0.39, 0.29) is 0 Å². The van der Waals surface area contributed by atoms with Crippen LogP contribution in [0.4, 0.5) is 11.8 Å². The summed E-state index contributed by atoms with van der Waals surface area (Å²) in [5.74, 6) is 2.97. The Bertz CT molecular complexity index is 702. The van der Waals surface area contributed by atoms with Gasteiger partial charge in [0.2, 0.25) is 5.95 Å². The topological polar surface area (TPSA) is 72.4 Å². The molecule has 0 amide bonds. The molecule has 26 heavy (non-hydrogen) atoms. The molecule has 0 unspecified atom stereocenters. The first-order chi connectivity index (χ1) is 12.8. The van der Waals surface area contributed by atoms with Crippen molar-refractivity contribution in [1.29, 1.82) is 0 Å².